The summed E-state index contributed by atoms with van der Waals surface area (Å²) in [5, 5.41) is -0.167. The van der Waals surface area contributed by atoms with Gasteiger partial charge in [-0.05, 0) is 0 Å². The molecule has 0 amide bonds. The summed E-state index contributed by atoms with van der Waals surface area (Å²) in [6.45, 7) is 0.0627. The third kappa shape index (κ3) is 2.10. The number of alkyl halides is 2. The number of rotatable bonds is 3. The number of pyridine rings is 1. The molecule has 0 bridgehead atoms. The largest absolute Gasteiger partial charge is 0.495 e. The molecule has 14 heavy (non-hydrogen) atoms. The molecule has 1 aromatic heterocycles. The Balaban J connectivity index is 3.27. The van der Waals surface area contributed by atoms with E-state index in [0.717, 1.165) is 0 Å². The molecule has 3 nitrogen and oxygen atoms in total. The summed E-state index contributed by atoms with van der Waals surface area (Å²) in [6.07, 6.45) is -2.73. The van der Waals surface area contributed by atoms with Crippen molar-refractivity contribution in [1.29, 1.82) is 0 Å². The summed E-state index contributed by atoms with van der Waals surface area (Å²) in [4.78, 5) is 3.61. The van der Waals surface area contributed by atoms with Crippen molar-refractivity contribution in [3.05, 3.63) is 22.5 Å². The monoisotopic (exact) mass is 222 g/mol. The molecule has 1 heterocycles. The Hall–Kier alpha value is -0.940. The van der Waals surface area contributed by atoms with Gasteiger partial charge in [0.05, 0.1) is 12.8 Å². The maximum absolute atomic E-state index is 12.4. The molecule has 0 atom stereocenters. The highest BCUT2D eigenvalue weighted by atomic mass is 35.5. The molecule has 0 saturated carbocycles. The maximum Gasteiger partial charge on any atom is 0.281 e. The van der Waals surface area contributed by atoms with Crippen LogP contribution in [0, 0.1) is 0 Å². The number of halogens is 3. The number of hydrogen-bond donors (Lipinski definition) is 1. The standard InChI is InChI=1S/C8H9ClF2N2O/c1-14-5-2-4(3-12)13-7(6(5)9)8(10)11/h2,8H,3,12H2,1H3. The fourth-order valence-electron chi connectivity index (χ4n) is 0.975. The lowest BCUT2D eigenvalue weighted by molar-refractivity contribution is 0.145. The Bertz CT molecular complexity index is 333. The first kappa shape index (κ1) is 11.1. The average molecular weight is 223 g/mol. The van der Waals surface area contributed by atoms with Crippen LogP contribution in [0.2, 0.25) is 5.02 Å². The molecule has 0 aliphatic rings. The summed E-state index contributed by atoms with van der Waals surface area (Å²) >= 11 is 5.62. The van der Waals surface area contributed by atoms with Gasteiger partial charge in [-0.1, -0.05) is 11.6 Å². The van der Waals surface area contributed by atoms with Gasteiger partial charge < -0.3 is 10.5 Å². The minimum Gasteiger partial charge on any atom is -0.495 e. The van der Waals surface area contributed by atoms with Gasteiger partial charge in [0.1, 0.15) is 16.5 Å². The molecule has 78 valence electrons. The van der Waals surface area contributed by atoms with E-state index in [1.54, 1.807) is 0 Å². The first-order valence-corrected chi connectivity index (χ1v) is 4.19. The lowest BCUT2D eigenvalue weighted by atomic mass is 10.3. The van der Waals surface area contributed by atoms with E-state index in [1.807, 2.05) is 0 Å². The van der Waals surface area contributed by atoms with Gasteiger partial charge in [-0.15, -0.1) is 0 Å². The van der Waals surface area contributed by atoms with E-state index in [0.29, 0.717) is 5.69 Å². The third-order valence-electron chi connectivity index (χ3n) is 1.64. The van der Waals surface area contributed by atoms with Crippen molar-refractivity contribution < 1.29 is 13.5 Å². The highest BCUT2D eigenvalue weighted by Gasteiger charge is 2.18. The van der Waals surface area contributed by atoms with Gasteiger partial charge in [0.25, 0.3) is 6.43 Å². The second-order valence-electron chi connectivity index (χ2n) is 2.52. The lowest BCUT2D eigenvalue weighted by Gasteiger charge is -2.09. The molecule has 2 N–H and O–H groups in total. The summed E-state index contributed by atoms with van der Waals surface area (Å²) in [5.74, 6) is 0.164. The Labute approximate surface area is 84.8 Å². The molecular formula is C8H9ClF2N2O. The molecule has 0 aliphatic heterocycles. The highest BCUT2D eigenvalue weighted by molar-refractivity contribution is 6.32. The number of aromatic nitrogens is 1. The van der Waals surface area contributed by atoms with E-state index in [2.05, 4.69) is 4.98 Å². The lowest BCUT2D eigenvalue weighted by Crippen LogP contribution is -2.04. The van der Waals surface area contributed by atoms with Crippen LogP contribution in [-0.2, 0) is 6.54 Å². The SMILES string of the molecule is COc1cc(CN)nc(C(F)F)c1Cl. The molecule has 0 radical (unpaired) electrons. The van der Waals surface area contributed by atoms with Crippen LogP contribution in [0.3, 0.4) is 0 Å². The van der Waals surface area contributed by atoms with Crippen LogP contribution in [0.4, 0.5) is 8.78 Å². The van der Waals surface area contributed by atoms with E-state index >= 15 is 0 Å². The normalized spacial score (nSPS) is 10.7. The van der Waals surface area contributed by atoms with Crippen molar-refractivity contribution in [1.82, 2.24) is 4.98 Å². The predicted molar refractivity (Wildman–Crippen MR) is 48.6 cm³/mol. The van der Waals surface area contributed by atoms with Gasteiger partial charge in [0.2, 0.25) is 0 Å². The molecular weight excluding hydrogens is 214 g/mol. The van der Waals surface area contributed by atoms with Crippen molar-refractivity contribution >= 4 is 11.6 Å². The Morgan fingerprint density at radius 1 is 1.64 bits per heavy atom. The molecule has 1 rings (SSSR count). The van der Waals surface area contributed by atoms with E-state index in [1.165, 1.54) is 13.2 Å². The van der Waals surface area contributed by atoms with Gasteiger partial charge >= 0.3 is 0 Å². The first-order chi connectivity index (χ1) is 6.60. The second-order valence-corrected chi connectivity index (χ2v) is 2.90. The van der Waals surface area contributed by atoms with Crippen LogP contribution < -0.4 is 10.5 Å². The number of hydrogen-bond acceptors (Lipinski definition) is 3. The number of nitrogens with zero attached hydrogens (tertiary/aromatic N) is 1. The van der Waals surface area contributed by atoms with Gasteiger partial charge in [-0.2, -0.15) is 0 Å². The van der Waals surface area contributed by atoms with Gasteiger partial charge in [-0.3, -0.25) is 0 Å². The molecule has 1 aromatic rings. The van der Waals surface area contributed by atoms with Gasteiger partial charge in [0.15, 0.2) is 0 Å². The summed E-state index contributed by atoms with van der Waals surface area (Å²) in [7, 11) is 1.34. The zero-order valence-electron chi connectivity index (χ0n) is 7.43. The van der Waals surface area contributed by atoms with Crippen molar-refractivity contribution in [2.24, 2.45) is 5.73 Å². The van der Waals surface area contributed by atoms with E-state index < -0.39 is 12.1 Å². The quantitative estimate of drug-likeness (QED) is 0.853. The summed E-state index contributed by atoms with van der Waals surface area (Å²) < 4.78 is 29.7. The second kappa shape index (κ2) is 4.52. The van der Waals surface area contributed by atoms with Crippen molar-refractivity contribution in [3.63, 3.8) is 0 Å². The Kier molecular flexibility index (Phi) is 3.60. The molecule has 0 aliphatic carbocycles. The average Bonchev–Trinajstić information content (AvgIpc) is 2.17. The maximum atomic E-state index is 12.4. The third-order valence-corrected chi connectivity index (χ3v) is 2.02. The topological polar surface area (TPSA) is 48.1 Å². The van der Waals surface area contributed by atoms with Gasteiger partial charge in [-0.25, -0.2) is 13.8 Å². The molecule has 6 heteroatoms. The minimum absolute atomic E-state index is 0.0627. The molecule has 0 aromatic carbocycles. The summed E-state index contributed by atoms with van der Waals surface area (Å²) in [6, 6.07) is 1.44. The fourth-order valence-corrected chi connectivity index (χ4v) is 1.23. The minimum atomic E-state index is -2.73. The van der Waals surface area contributed by atoms with Crippen molar-refractivity contribution in [2.45, 2.75) is 13.0 Å². The van der Waals surface area contributed by atoms with E-state index in [4.69, 9.17) is 22.1 Å². The molecule has 0 saturated heterocycles. The number of nitrogens with two attached hydrogens (primary N) is 1. The Morgan fingerprint density at radius 3 is 2.71 bits per heavy atom. The highest BCUT2D eigenvalue weighted by Crippen LogP contribution is 2.33. The van der Waals surface area contributed by atoms with E-state index in [-0.39, 0.29) is 17.3 Å². The number of methoxy groups -OCH3 is 1. The van der Waals surface area contributed by atoms with Crippen molar-refractivity contribution in [3.8, 4) is 5.75 Å². The first-order valence-electron chi connectivity index (χ1n) is 3.81. The summed E-state index contributed by atoms with van der Waals surface area (Å²) in [5.41, 5.74) is 5.11. The van der Waals surface area contributed by atoms with E-state index in [9.17, 15) is 8.78 Å². The smallest absolute Gasteiger partial charge is 0.281 e. The Morgan fingerprint density at radius 2 is 2.29 bits per heavy atom. The zero-order valence-corrected chi connectivity index (χ0v) is 8.18. The molecule has 0 fully saturated rings. The predicted octanol–water partition coefficient (Wildman–Crippen LogP) is 2.14. The van der Waals surface area contributed by atoms with Crippen LogP contribution in [0.5, 0.6) is 5.75 Å². The molecule has 0 spiro atoms. The van der Waals surface area contributed by atoms with Crippen molar-refractivity contribution in [2.75, 3.05) is 7.11 Å². The van der Waals surface area contributed by atoms with Crippen LogP contribution in [0.1, 0.15) is 17.8 Å². The zero-order chi connectivity index (χ0) is 10.7. The van der Waals surface area contributed by atoms with Crippen LogP contribution >= 0.6 is 11.6 Å². The van der Waals surface area contributed by atoms with Gasteiger partial charge in [0, 0.05) is 12.6 Å². The van der Waals surface area contributed by atoms with Crippen LogP contribution in [-0.4, -0.2) is 12.1 Å². The fraction of sp³-hybridized carbons (Fsp3) is 0.375. The number of ether oxygens (including phenoxy) is 1. The van der Waals surface area contributed by atoms with Crippen LogP contribution in [0.25, 0.3) is 0 Å². The molecule has 0 unspecified atom stereocenters. The van der Waals surface area contributed by atoms with Crippen LogP contribution in [0.15, 0.2) is 6.07 Å².